The fourth-order valence-electron chi connectivity index (χ4n) is 3.76. The largest absolute Gasteiger partial charge is 0.495 e. The number of fused-ring (bicyclic) bond motifs is 1. The maximum atomic E-state index is 12.9. The van der Waals surface area contributed by atoms with Gasteiger partial charge in [0.15, 0.2) is 0 Å². The van der Waals surface area contributed by atoms with Gasteiger partial charge in [-0.1, -0.05) is 18.2 Å². The van der Waals surface area contributed by atoms with E-state index in [0.29, 0.717) is 34.7 Å². The predicted octanol–water partition coefficient (Wildman–Crippen LogP) is 3.29. The zero-order chi connectivity index (χ0) is 22.8. The lowest BCUT2D eigenvalue weighted by molar-refractivity contribution is -0.119. The summed E-state index contributed by atoms with van der Waals surface area (Å²) in [5.41, 5.74) is 3.53. The summed E-state index contributed by atoms with van der Waals surface area (Å²) >= 11 is 0.851. The molecule has 0 atom stereocenters. The summed E-state index contributed by atoms with van der Waals surface area (Å²) in [6, 6.07) is 10.4. The molecule has 0 saturated carbocycles. The number of nitrogens with zero attached hydrogens (tertiary/aromatic N) is 1. The highest BCUT2D eigenvalue weighted by Crippen LogP contribution is 2.41. The van der Waals surface area contributed by atoms with Crippen LogP contribution in [-0.2, 0) is 27.3 Å². The highest BCUT2D eigenvalue weighted by molar-refractivity contribution is 8.18. The van der Waals surface area contributed by atoms with Crippen molar-refractivity contribution >= 4 is 46.5 Å². The van der Waals surface area contributed by atoms with Crippen LogP contribution in [0, 0.1) is 0 Å². The van der Waals surface area contributed by atoms with Crippen LogP contribution in [0.25, 0.3) is 6.08 Å². The number of carbonyl (C=O) groups excluding carboxylic acids is 4. The van der Waals surface area contributed by atoms with E-state index < -0.39 is 17.1 Å². The van der Waals surface area contributed by atoms with Crippen LogP contribution in [0.2, 0.25) is 0 Å². The number of methoxy groups -OCH3 is 2. The van der Waals surface area contributed by atoms with E-state index in [9.17, 15) is 19.2 Å². The quantitative estimate of drug-likeness (QED) is 0.549. The zero-order valence-electron chi connectivity index (χ0n) is 17.5. The van der Waals surface area contributed by atoms with Crippen LogP contribution in [-0.4, -0.2) is 37.2 Å². The van der Waals surface area contributed by atoms with E-state index in [1.54, 1.807) is 41.3 Å². The lowest BCUT2D eigenvalue weighted by Gasteiger charge is -2.32. The van der Waals surface area contributed by atoms with Crippen molar-refractivity contribution in [1.29, 1.82) is 0 Å². The fourth-order valence-corrected chi connectivity index (χ4v) is 4.43. The van der Waals surface area contributed by atoms with Gasteiger partial charge in [0.2, 0.25) is 5.91 Å². The minimum absolute atomic E-state index is 0.0548. The number of rotatable bonds is 5. The van der Waals surface area contributed by atoms with Crippen molar-refractivity contribution in [2.45, 2.75) is 19.4 Å². The Labute approximate surface area is 188 Å². The van der Waals surface area contributed by atoms with E-state index >= 15 is 0 Å². The average molecular weight is 452 g/mol. The van der Waals surface area contributed by atoms with Gasteiger partial charge in [0.25, 0.3) is 11.1 Å². The predicted molar refractivity (Wildman–Crippen MR) is 119 cm³/mol. The molecule has 1 saturated heterocycles. The van der Waals surface area contributed by atoms with Gasteiger partial charge in [0.05, 0.1) is 36.9 Å². The molecule has 0 aromatic heterocycles. The number of hydrogen-bond donors (Lipinski definition) is 1. The van der Waals surface area contributed by atoms with Crippen LogP contribution in [0.4, 0.5) is 10.5 Å². The first-order valence-electron chi connectivity index (χ1n) is 9.83. The summed E-state index contributed by atoms with van der Waals surface area (Å²) in [4.78, 5) is 50.0. The van der Waals surface area contributed by atoms with E-state index in [1.807, 2.05) is 6.07 Å². The van der Waals surface area contributed by atoms with Gasteiger partial charge in [-0.25, -0.2) is 4.79 Å². The second kappa shape index (κ2) is 8.88. The second-order valence-electron chi connectivity index (χ2n) is 7.20. The fraction of sp³-hybridized carbons (Fsp3) is 0.217. The number of carbonyl (C=O) groups is 4. The molecule has 2 aromatic carbocycles. The van der Waals surface area contributed by atoms with Crippen molar-refractivity contribution in [2.75, 3.05) is 19.1 Å². The molecule has 0 spiro atoms. The third-order valence-electron chi connectivity index (χ3n) is 5.31. The maximum absolute atomic E-state index is 12.9. The Bertz CT molecular complexity index is 1160. The van der Waals surface area contributed by atoms with Crippen LogP contribution in [0.1, 0.15) is 33.5 Å². The Morgan fingerprint density at radius 1 is 1.09 bits per heavy atom. The molecule has 0 unspecified atom stereocenters. The molecule has 3 amide bonds. The molecular weight excluding hydrogens is 432 g/mol. The van der Waals surface area contributed by atoms with E-state index in [1.165, 1.54) is 14.2 Å². The molecule has 2 heterocycles. The lowest BCUT2D eigenvalue weighted by Crippen LogP contribution is -2.35. The van der Waals surface area contributed by atoms with Crippen LogP contribution >= 0.6 is 11.8 Å². The first-order valence-corrected chi connectivity index (χ1v) is 10.6. The number of thioether (sulfide) groups is 1. The summed E-state index contributed by atoms with van der Waals surface area (Å²) in [6.07, 6.45) is 2.46. The SMILES string of the molecule is COC(=O)c1ccc(CN2C(=O)CCc3c(C=C4SC(=O)NC4=O)ccc(OC)c32)cc1. The Hall–Kier alpha value is -3.59. The van der Waals surface area contributed by atoms with Gasteiger partial charge in [-0.2, -0.15) is 0 Å². The van der Waals surface area contributed by atoms with Crippen LogP contribution in [0.15, 0.2) is 41.3 Å². The molecule has 2 aliphatic heterocycles. The highest BCUT2D eigenvalue weighted by atomic mass is 32.2. The third-order valence-corrected chi connectivity index (χ3v) is 6.12. The molecule has 0 bridgehead atoms. The minimum atomic E-state index is -0.431. The molecule has 164 valence electrons. The van der Waals surface area contributed by atoms with E-state index in [-0.39, 0.29) is 12.5 Å². The van der Waals surface area contributed by atoms with Gasteiger partial charge in [0.1, 0.15) is 5.75 Å². The van der Waals surface area contributed by atoms with Crippen LogP contribution in [0.3, 0.4) is 0 Å². The minimum Gasteiger partial charge on any atom is -0.495 e. The van der Waals surface area contributed by atoms with Crippen molar-refractivity contribution in [3.8, 4) is 5.75 Å². The summed E-state index contributed by atoms with van der Waals surface area (Å²) in [7, 11) is 2.86. The average Bonchev–Trinajstić information content (AvgIpc) is 3.12. The Morgan fingerprint density at radius 3 is 2.47 bits per heavy atom. The second-order valence-corrected chi connectivity index (χ2v) is 8.22. The summed E-state index contributed by atoms with van der Waals surface area (Å²) in [6.45, 7) is 0.289. The summed E-state index contributed by atoms with van der Waals surface area (Å²) in [5, 5.41) is 1.84. The van der Waals surface area contributed by atoms with Gasteiger partial charge in [-0.05, 0) is 59.1 Å². The Balaban J connectivity index is 1.72. The number of benzene rings is 2. The van der Waals surface area contributed by atoms with Crippen molar-refractivity contribution in [1.82, 2.24) is 5.32 Å². The van der Waals surface area contributed by atoms with Gasteiger partial charge >= 0.3 is 5.97 Å². The molecule has 8 nitrogen and oxygen atoms in total. The first-order chi connectivity index (χ1) is 15.4. The number of esters is 1. The third kappa shape index (κ3) is 4.11. The molecule has 4 rings (SSSR count). The summed E-state index contributed by atoms with van der Waals surface area (Å²) in [5.74, 6) is -0.372. The van der Waals surface area contributed by atoms with Crippen molar-refractivity contribution in [3.63, 3.8) is 0 Å². The normalized spacial score (nSPS) is 16.8. The van der Waals surface area contributed by atoms with Gasteiger partial charge < -0.3 is 14.4 Å². The molecule has 32 heavy (non-hydrogen) atoms. The number of imide groups is 1. The van der Waals surface area contributed by atoms with Gasteiger partial charge in [-0.3, -0.25) is 19.7 Å². The van der Waals surface area contributed by atoms with Gasteiger partial charge in [-0.15, -0.1) is 0 Å². The molecule has 9 heteroatoms. The maximum Gasteiger partial charge on any atom is 0.337 e. The van der Waals surface area contributed by atoms with Crippen LogP contribution < -0.4 is 15.0 Å². The molecular formula is C23H20N2O6S. The Morgan fingerprint density at radius 2 is 1.84 bits per heavy atom. The van der Waals surface area contributed by atoms with Crippen molar-refractivity contribution in [2.24, 2.45) is 0 Å². The molecule has 0 aliphatic carbocycles. The number of anilines is 1. The molecule has 0 radical (unpaired) electrons. The smallest absolute Gasteiger partial charge is 0.337 e. The standard InChI is InChI=1S/C23H20N2O6S/c1-30-17-9-7-15(11-18-21(27)24-23(29)32-18)16-8-10-19(26)25(20(16)17)12-13-3-5-14(6-4-13)22(28)31-2/h3-7,9,11H,8,10,12H2,1-2H3,(H,24,27,29). The van der Waals surface area contributed by atoms with Crippen molar-refractivity contribution < 1.29 is 28.7 Å². The monoisotopic (exact) mass is 452 g/mol. The van der Waals surface area contributed by atoms with E-state index in [2.05, 4.69) is 5.32 Å². The van der Waals surface area contributed by atoms with Gasteiger partial charge in [0, 0.05) is 6.42 Å². The van der Waals surface area contributed by atoms with E-state index in [0.717, 1.165) is 28.5 Å². The molecule has 2 aliphatic rings. The summed E-state index contributed by atoms with van der Waals surface area (Å²) < 4.78 is 10.3. The lowest BCUT2D eigenvalue weighted by atomic mass is 9.94. The molecule has 2 aromatic rings. The zero-order valence-corrected chi connectivity index (χ0v) is 18.3. The topological polar surface area (TPSA) is 102 Å². The highest BCUT2D eigenvalue weighted by Gasteiger charge is 2.31. The number of hydrogen-bond acceptors (Lipinski definition) is 7. The number of nitrogens with one attached hydrogen (secondary N) is 1. The number of amides is 3. The molecule has 1 fully saturated rings. The van der Waals surface area contributed by atoms with E-state index in [4.69, 9.17) is 9.47 Å². The van der Waals surface area contributed by atoms with Crippen molar-refractivity contribution in [3.05, 3.63) is 63.6 Å². The van der Waals surface area contributed by atoms with Crippen LogP contribution in [0.5, 0.6) is 5.75 Å². The molecule has 1 N–H and O–H groups in total. The Kier molecular flexibility index (Phi) is 6.00. The number of ether oxygens (including phenoxy) is 2. The first kappa shape index (κ1) is 21.6.